The average molecular weight is 254 g/mol. The molecule has 0 atom stereocenters. The van der Waals surface area contributed by atoms with Crippen LogP contribution in [-0.4, -0.2) is 20.0 Å². The molecule has 0 aromatic heterocycles. The van der Waals surface area contributed by atoms with Crippen molar-refractivity contribution in [3.05, 3.63) is 29.8 Å². The van der Waals surface area contributed by atoms with Crippen LogP contribution < -0.4 is 0 Å². The van der Waals surface area contributed by atoms with Crippen LogP contribution in [0.2, 0.25) is 0 Å². The van der Waals surface area contributed by atoms with Gasteiger partial charge in [0.15, 0.2) is 15.6 Å². The molecule has 0 amide bonds. The zero-order valence-electron chi connectivity index (χ0n) is 10.3. The van der Waals surface area contributed by atoms with Crippen molar-refractivity contribution in [1.29, 1.82) is 0 Å². The lowest BCUT2D eigenvalue weighted by atomic mass is 10.2. The van der Waals surface area contributed by atoms with Crippen LogP contribution in [0, 0.1) is 0 Å². The van der Waals surface area contributed by atoms with Gasteiger partial charge < -0.3 is 0 Å². The Kier molecular flexibility index (Phi) is 4.87. The maximum Gasteiger partial charge on any atom is 0.178 e. The number of rotatable bonds is 6. The smallest absolute Gasteiger partial charge is 0.178 e. The first-order valence-electron chi connectivity index (χ1n) is 5.81. The lowest BCUT2D eigenvalue weighted by molar-refractivity contribution is 0.101. The number of unbranched alkanes of at least 4 members (excludes halogenated alkanes) is 2. The Morgan fingerprint density at radius 1 is 1.12 bits per heavy atom. The second-order valence-corrected chi connectivity index (χ2v) is 6.22. The number of hydrogen-bond acceptors (Lipinski definition) is 3. The van der Waals surface area contributed by atoms with Gasteiger partial charge in [-0.1, -0.05) is 31.9 Å². The van der Waals surface area contributed by atoms with Crippen molar-refractivity contribution < 1.29 is 13.2 Å². The summed E-state index contributed by atoms with van der Waals surface area (Å²) in [5.74, 6) is 0.125. The highest BCUT2D eigenvalue weighted by Crippen LogP contribution is 2.14. The number of ketones is 1. The van der Waals surface area contributed by atoms with E-state index >= 15 is 0 Å². The van der Waals surface area contributed by atoms with E-state index in [9.17, 15) is 13.2 Å². The second kappa shape index (κ2) is 5.96. The number of carbonyl (C=O) groups is 1. The molecular weight excluding hydrogens is 236 g/mol. The number of benzene rings is 1. The van der Waals surface area contributed by atoms with Crippen molar-refractivity contribution in [3.63, 3.8) is 0 Å². The van der Waals surface area contributed by atoms with Crippen molar-refractivity contribution in [3.8, 4) is 0 Å². The molecule has 0 bridgehead atoms. The Bertz CT molecular complexity index is 472. The third kappa shape index (κ3) is 3.97. The Labute approximate surface area is 103 Å². The molecule has 0 aliphatic heterocycles. The minimum absolute atomic E-state index is 0.0556. The molecule has 1 rings (SSSR count). The zero-order chi connectivity index (χ0) is 12.9. The molecule has 0 spiro atoms. The van der Waals surface area contributed by atoms with Gasteiger partial charge in [-0.05, 0) is 25.5 Å². The predicted molar refractivity (Wildman–Crippen MR) is 68.0 cm³/mol. The van der Waals surface area contributed by atoms with Gasteiger partial charge in [0, 0.05) is 5.56 Å². The van der Waals surface area contributed by atoms with E-state index in [1.54, 1.807) is 12.1 Å². The molecular formula is C13H18O3S. The van der Waals surface area contributed by atoms with Gasteiger partial charge in [0.1, 0.15) is 0 Å². The molecule has 0 heterocycles. The molecule has 17 heavy (non-hydrogen) atoms. The molecule has 4 heteroatoms. The molecule has 0 fully saturated rings. The van der Waals surface area contributed by atoms with E-state index in [2.05, 4.69) is 0 Å². The molecule has 94 valence electrons. The summed E-state index contributed by atoms with van der Waals surface area (Å²) in [6, 6.07) is 6.15. The maximum absolute atomic E-state index is 11.9. The lowest BCUT2D eigenvalue weighted by Crippen LogP contribution is -2.07. The van der Waals surface area contributed by atoms with E-state index in [0.29, 0.717) is 16.9 Å². The number of sulfone groups is 1. The summed E-state index contributed by atoms with van der Waals surface area (Å²) in [5.41, 5.74) is 0.539. The van der Waals surface area contributed by atoms with Crippen molar-refractivity contribution >= 4 is 15.6 Å². The van der Waals surface area contributed by atoms with E-state index in [4.69, 9.17) is 0 Å². The van der Waals surface area contributed by atoms with Gasteiger partial charge >= 0.3 is 0 Å². The normalized spacial score (nSPS) is 11.4. The highest BCUT2D eigenvalue weighted by atomic mass is 32.2. The van der Waals surface area contributed by atoms with Gasteiger partial charge in [0.2, 0.25) is 0 Å². The summed E-state index contributed by atoms with van der Waals surface area (Å²) < 4.78 is 23.8. The van der Waals surface area contributed by atoms with Gasteiger partial charge in [0.05, 0.1) is 10.6 Å². The van der Waals surface area contributed by atoms with Crippen molar-refractivity contribution in [2.24, 2.45) is 0 Å². The van der Waals surface area contributed by atoms with Crippen LogP contribution in [0.5, 0.6) is 0 Å². The first-order valence-corrected chi connectivity index (χ1v) is 7.46. The first-order chi connectivity index (χ1) is 7.97. The minimum Gasteiger partial charge on any atom is -0.295 e. The Morgan fingerprint density at radius 2 is 1.71 bits per heavy atom. The van der Waals surface area contributed by atoms with Gasteiger partial charge in [0.25, 0.3) is 0 Å². The molecule has 0 saturated heterocycles. The SMILES string of the molecule is CCCCCS(=O)(=O)c1ccc(C(C)=O)cc1. The Morgan fingerprint density at radius 3 is 2.18 bits per heavy atom. The van der Waals surface area contributed by atoms with Gasteiger partial charge in [-0.25, -0.2) is 8.42 Å². The first kappa shape index (κ1) is 13.9. The molecule has 0 unspecified atom stereocenters. The number of hydrogen-bond donors (Lipinski definition) is 0. The fraction of sp³-hybridized carbons (Fsp3) is 0.462. The maximum atomic E-state index is 11.9. The molecule has 3 nitrogen and oxygen atoms in total. The Balaban J connectivity index is 2.81. The molecule has 0 radical (unpaired) electrons. The fourth-order valence-corrected chi connectivity index (χ4v) is 2.93. The summed E-state index contributed by atoms with van der Waals surface area (Å²) in [6.07, 6.45) is 2.61. The van der Waals surface area contributed by atoms with Crippen LogP contribution in [0.3, 0.4) is 0 Å². The molecule has 0 aliphatic rings. The monoisotopic (exact) mass is 254 g/mol. The van der Waals surface area contributed by atoms with Gasteiger partial charge in [-0.2, -0.15) is 0 Å². The highest BCUT2D eigenvalue weighted by Gasteiger charge is 2.13. The highest BCUT2D eigenvalue weighted by molar-refractivity contribution is 7.91. The van der Waals surface area contributed by atoms with E-state index in [1.807, 2.05) is 6.92 Å². The van der Waals surface area contributed by atoms with Crippen molar-refractivity contribution in [2.75, 3.05) is 5.75 Å². The molecule has 0 aliphatic carbocycles. The summed E-state index contributed by atoms with van der Waals surface area (Å²) in [5, 5.41) is 0. The van der Waals surface area contributed by atoms with Gasteiger partial charge in [-0.15, -0.1) is 0 Å². The van der Waals surface area contributed by atoms with Crippen LogP contribution in [0.4, 0.5) is 0 Å². The average Bonchev–Trinajstić information content (AvgIpc) is 2.29. The molecule has 1 aromatic carbocycles. The summed E-state index contributed by atoms with van der Waals surface area (Å²) in [6.45, 7) is 3.50. The van der Waals surface area contributed by atoms with Crippen LogP contribution in [-0.2, 0) is 9.84 Å². The third-order valence-electron chi connectivity index (χ3n) is 2.64. The Hall–Kier alpha value is -1.16. The van der Waals surface area contributed by atoms with Crippen LogP contribution in [0.15, 0.2) is 29.2 Å². The second-order valence-electron chi connectivity index (χ2n) is 4.11. The number of Topliss-reactive ketones (excluding diaryl/α,β-unsaturated/α-hetero) is 1. The van der Waals surface area contributed by atoms with Crippen LogP contribution in [0.1, 0.15) is 43.5 Å². The molecule has 0 saturated carbocycles. The third-order valence-corrected chi connectivity index (χ3v) is 4.45. The number of carbonyl (C=O) groups excluding carboxylic acids is 1. The van der Waals surface area contributed by atoms with E-state index in [0.717, 1.165) is 12.8 Å². The van der Waals surface area contributed by atoms with E-state index in [1.165, 1.54) is 19.1 Å². The predicted octanol–water partition coefficient (Wildman–Crippen LogP) is 2.85. The van der Waals surface area contributed by atoms with Crippen molar-refractivity contribution in [1.82, 2.24) is 0 Å². The standard InChI is InChI=1S/C13H18O3S/c1-3-4-5-10-17(15,16)13-8-6-12(7-9-13)11(2)14/h6-9H,3-5,10H2,1-2H3. The summed E-state index contributed by atoms with van der Waals surface area (Å²) in [7, 11) is -3.19. The quantitative estimate of drug-likeness (QED) is 0.579. The largest absolute Gasteiger partial charge is 0.295 e. The zero-order valence-corrected chi connectivity index (χ0v) is 11.1. The lowest BCUT2D eigenvalue weighted by Gasteiger charge is -2.04. The minimum atomic E-state index is -3.19. The van der Waals surface area contributed by atoms with Crippen molar-refractivity contribution in [2.45, 2.75) is 38.0 Å². The van der Waals surface area contributed by atoms with E-state index in [-0.39, 0.29) is 11.5 Å². The summed E-state index contributed by atoms with van der Waals surface area (Å²) in [4.78, 5) is 11.4. The van der Waals surface area contributed by atoms with Crippen LogP contribution >= 0.6 is 0 Å². The topological polar surface area (TPSA) is 51.2 Å². The molecule has 0 N–H and O–H groups in total. The van der Waals surface area contributed by atoms with E-state index < -0.39 is 9.84 Å². The molecule has 1 aromatic rings. The van der Waals surface area contributed by atoms with Gasteiger partial charge in [-0.3, -0.25) is 4.79 Å². The van der Waals surface area contributed by atoms with Crippen LogP contribution in [0.25, 0.3) is 0 Å². The fourth-order valence-electron chi connectivity index (χ4n) is 1.56. The summed E-state index contributed by atoms with van der Waals surface area (Å²) >= 11 is 0.